The summed E-state index contributed by atoms with van der Waals surface area (Å²) >= 11 is 0. The summed E-state index contributed by atoms with van der Waals surface area (Å²) in [7, 11) is 1.30. The molecule has 2 N–H and O–H groups in total. The summed E-state index contributed by atoms with van der Waals surface area (Å²) in [5, 5.41) is 5.45. The van der Waals surface area contributed by atoms with Crippen molar-refractivity contribution >= 4 is 34.7 Å². The number of hydrogen-bond donors (Lipinski definition) is 2. The van der Waals surface area contributed by atoms with Crippen molar-refractivity contribution in [3.05, 3.63) is 55.1 Å². The molecule has 5 rings (SSSR count). The lowest BCUT2D eigenvalue weighted by Crippen LogP contribution is -2.28. The normalized spacial score (nSPS) is 25.0. The molecule has 2 amide bonds. The zero-order valence-electron chi connectivity index (χ0n) is 19.2. The maximum atomic E-state index is 12.5. The number of methoxy groups -OCH3 is 1. The van der Waals surface area contributed by atoms with E-state index < -0.39 is 42.3 Å². The van der Waals surface area contributed by atoms with E-state index in [2.05, 4.69) is 30.3 Å². The van der Waals surface area contributed by atoms with Crippen LogP contribution in [0.1, 0.15) is 20.1 Å². The minimum Gasteiger partial charge on any atom is -0.466 e. The Balaban J connectivity index is 1.41. The number of amides is 2. The highest BCUT2D eigenvalue weighted by atomic mass is 16.8. The average molecular weight is 480 g/mol. The van der Waals surface area contributed by atoms with Gasteiger partial charge in [-0.15, -0.1) is 0 Å². The number of imidazole rings is 1. The van der Waals surface area contributed by atoms with Gasteiger partial charge >= 0.3 is 12.0 Å². The summed E-state index contributed by atoms with van der Waals surface area (Å²) in [6.07, 6.45) is 3.56. The topological polar surface area (TPSA) is 139 Å². The fraction of sp³-hybridized carbons (Fsp3) is 0.348. The van der Waals surface area contributed by atoms with Gasteiger partial charge in [-0.2, -0.15) is 0 Å². The number of fused-ring (bicyclic) bond motifs is 2. The second kappa shape index (κ2) is 9.06. The average Bonchev–Trinajstić information content (AvgIpc) is 3.49. The molecule has 4 heterocycles. The molecule has 2 saturated heterocycles. The number of esters is 1. The standard InChI is InChI=1S/C23H24N6O6/c1-23(2)34-17-14(9-10-15(30)32-3)33-21(18(17)35-23)29-12-26-16-19(24-11-25-20(16)29)28-22(31)27-13-7-5-4-6-8-13/h4-12,14,17-18,21H,1-3H3,(H2,24,25,27,28,31)/b10-9+. The van der Waals surface area contributed by atoms with E-state index in [1.54, 1.807) is 29.1 Å². The number of nitrogens with zero attached hydrogens (tertiary/aromatic N) is 4. The Labute approximate surface area is 200 Å². The van der Waals surface area contributed by atoms with E-state index in [-0.39, 0.29) is 5.82 Å². The number of anilines is 2. The lowest BCUT2D eigenvalue weighted by molar-refractivity contribution is -0.191. The number of nitrogens with one attached hydrogen (secondary N) is 2. The van der Waals surface area contributed by atoms with Crippen LogP contribution >= 0.6 is 0 Å². The van der Waals surface area contributed by atoms with Gasteiger partial charge in [-0.3, -0.25) is 9.88 Å². The second-order valence-electron chi connectivity index (χ2n) is 8.43. The van der Waals surface area contributed by atoms with Crippen LogP contribution in [0.3, 0.4) is 0 Å². The van der Waals surface area contributed by atoms with Gasteiger partial charge in [0.1, 0.15) is 24.6 Å². The van der Waals surface area contributed by atoms with Crippen molar-refractivity contribution in [1.82, 2.24) is 19.5 Å². The third kappa shape index (κ3) is 4.58. The molecule has 0 spiro atoms. The molecule has 2 aliphatic rings. The highest BCUT2D eigenvalue weighted by molar-refractivity contribution is 6.02. The van der Waals surface area contributed by atoms with Crippen LogP contribution in [0.2, 0.25) is 0 Å². The number of carbonyl (C=O) groups excluding carboxylic acids is 2. The van der Waals surface area contributed by atoms with E-state index in [0.717, 1.165) is 0 Å². The van der Waals surface area contributed by atoms with E-state index in [1.165, 1.54) is 19.5 Å². The third-order valence-corrected chi connectivity index (χ3v) is 5.58. The molecule has 4 atom stereocenters. The fourth-order valence-electron chi connectivity index (χ4n) is 4.15. The number of urea groups is 1. The van der Waals surface area contributed by atoms with Crippen LogP contribution in [-0.2, 0) is 23.7 Å². The molecule has 1 aromatic carbocycles. The first kappa shape index (κ1) is 22.9. The first-order valence-corrected chi connectivity index (χ1v) is 10.9. The zero-order chi connectivity index (χ0) is 24.6. The number of hydrogen-bond acceptors (Lipinski definition) is 9. The SMILES string of the molecule is COC(=O)/C=C/C1OC(n2cnc3c(NC(=O)Nc4ccccc4)ncnc32)C2OC(C)(C)OC12. The minimum atomic E-state index is -0.845. The summed E-state index contributed by atoms with van der Waals surface area (Å²) in [5.41, 5.74) is 1.45. The molecule has 35 heavy (non-hydrogen) atoms. The molecule has 4 unspecified atom stereocenters. The number of ether oxygens (including phenoxy) is 4. The third-order valence-electron chi connectivity index (χ3n) is 5.58. The second-order valence-corrected chi connectivity index (χ2v) is 8.43. The number of para-hydroxylation sites is 1. The predicted molar refractivity (Wildman–Crippen MR) is 123 cm³/mol. The van der Waals surface area contributed by atoms with Gasteiger partial charge in [0.05, 0.1) is 13.4 Å². The summed E-state index contributed by atoms with van der Waals surface area (Å²) < 4.78 is 24.7. The Morgan fingerprint density at radius 3 is 2.63 bits per heavy atom. The quantitative estimate of drug-likeness (QED) is 0.417. The van der Waals surface area contributed by atoms with E-state index in [0.29, 0.717) is 16.9 Å². The first-order chi connectivity index (χ1) is 16.8. The van der Waals surface area contributed by atoms with Gasteiger partial charge in [0.15, 0.2) is 29.0 Å². The Morgan fingerprint density at radius 1 is 1.09 bits per heavy atom. The van der Waals surface area contributed by atoms with Crippen molar-refractivity contribution in [2.45, 2.75) is 44.2 Å². The smallest absolute Gasteiger partial charge is 0.330 e. The molecule has 0 saturated carbocycles. The van der Waals surface area contributed by atoms with E-state index in [1.807, 2.05) is 32.0 Å². The van der Waals surface area contributed by atoms with E-state index >= 15 is 0 Å². The first-order valence-electron chi connectivity index (χ1n) is 10.9. The van der Waals surface area contributed by atoms with Crippen LogP contribution < -0.4 is 10.6 Å². The maximum Gasteiger partial charge on any atom is 0.330 e. The molecule has 2 fully saturated rings. The van der Waals surface area contributed by atoms with Crippen molar-refractivity contribution in [1.29, 1.82) is 0 Å². The summed E-state index contributed by atoms with van der Waals surface area (Å²) in [6.45, 7) is 3.62. The van der Waals surface area contributed by atoms with Crippen LogP contribution in [0.15, 0.2) is 55.1 Å². The Bertz CT molecular complexity index is 1280. The molecule has 2 aliphatic heterocycles. The lowest BCUT2D eigenvalue weighted by atomic mass is 10.1. The van der Waals surface area contributed by atoms with Crippen molar-refractivity contribution in [2.24, 2.45) is 0 Å². The number of aromatic nitrogens is 4. The van der Waals surface area contributed by atoms with Crippen LogP contribution in [0.4, 0.5) is 16.3 Å². The highest BCUT2D eigenvalue weighted by Crippen LogP contribution is 2.44. The molecular weight excluding hydrogens is 456 g/mol. The van der Waals surface area contributed by atoms with Crippen LogP contribution in [-0.4, -0.2) is 62.7 Å². The Kier molecular flexibility index (Phi) is 5.93. The number of benzene rings is 1. The predicted octanol–water partition coefficient (Wildman–Crippen LogP) is 2.62. The minimum absolute atomic E-state index is 0.239. The zero-order valence-corrected chi connectivity index (χ0v) is 19.2. The fourth-order valence-corrected chi connectivity index (χ4v) is 4.15. The molecule has 2 aromatic heterocycles. The van der Waals surface area contributed by atoms with Crippen LogP contribution in [0, 0.1) is 0 Å². The summed E-state index contributed by atoms with van der Waals surface area (Å²) in [4.78, 5) is 37.0. The number of rotatable bonds is 5. The Morgan fingerprint density at radius 2 is 1.86 bits per heavy atom. The molecule has 0 aliphatic carbocycles. The van der Waals surface area contributed by atoms with Gasteiger partial charge in [0.2, 0.25) is 0 Å². The van der Waals surface area contributed by atoms with Crippen LogP contribution in [0.25, 0.3) is 11.2 Å². The summed E-state index contributed by atoms with van der Waals surface area (Å²) in [5.74, 6) is -1.11. The van der Waals surface area contributed by atoms with Gasteiger partial charge in [-0.25, -0.2) is 24.5 Å². The van der Waals surface area contributed by atoms with Gasteiger partial charge in [-0.1, -0.05) is 18.2 Å². The van der Waals surface area contributed by atoms with Crippen molar-refractivity contribution in [3.8, 4) is 0 Å². The summed E-state index contributed by atoms with van der Waals surface area (Å²) in [6, 6.07) is 8.57. The van der Waals surface area contributed by atoms with E-state index in [9.17, 15) is 9.59 Å². The molecule has 12 heteroatoms. The highest BCUT2D eigenvalue weighted by Gasteiger charge is 2.55. The van der Waals surface area contributed by atoms with Crippen molar-refractivity contribution < 1.29 is 28.5 Å². The number of carbonyl (C=O) groups is 2. The maximum absolute atomic E-state index is 12.5. The van der Waals surface area contributed by atoms with Gasteiger partial charge in [0, 0.05) is 11.8 Å². The monoisotopic (exact) mass is 480 g/mol. The lowest BCUT2D eigenvalue weighted by Gasteiger charge is -2.24. The Hall–Kier alpha value is -3.87. The largest absolute Gasteiger partial charge is 0.466 e. The van der Waals surface area contributed by atoms with Crippen LogP contribution in [0.5, 0.6) is 0 Å². The van der Waals surface area contributed by atoms with Gasteiger partial charge in [0.25, 0.3) is 0 Å². The van der Waals surface area contributed by atoms with Gasteiger partial charge in [-0.05, 0) is 32.1 Å². The molecule has 3 aromatic rings. The molecule has 12 nitrogen and oxygen atoms in total. The molecule has 0 bridgehead atoms. The van der Waals surface area contributed by atoms with Gasteiger partial charge < -0.3 is 24.3 Å². The molecule has 0 radical (unpaired) electrons. The molecular formula is C23H24N6O6. The molecule has 182 valence electrons. The van der Waals surface area contributed by atoms with E-state index in [4.69, 9.17) is 14.2 Å². The van der Waals surface area contributed by atoms with Crippen molar-refractivity contribution in [2.75, 3.05) is 17.7 Å². The van der Waals surface area contributed by atoms with Crippen molar-refractivity contribution in [3.63, 3.8) is 0 Å².